The lowest BCUT2D eigenvalue weighted by molar-refractivity contribution is -0.149. The number of sulfonamides is 1. The molecule has 1 aliphatic rings. The Bertz CT molecular complexity index is 1950. The first-order chi connectivity index (χ1) is 24.6. The summed E-state index contributed by atoms with van der Waals surface area (Å²) in [5.74, 6) is 0.373. The predicted molar refractivity (Wildman–Crippen MR) is 200 cm³/mol. The van der Waals surface area contributed by atoms with Crippen LogP contribution >= 0.6 is 0 Å². The summed E-state index contributed by atoms with van der Waals surface area (Å²) in [5.41, 5.74) is 5.99. The number of nitrogens with one attached hydrogen (secondary N) is 1. The highest BCUT2D eigenvalue weighted by atomic mass is 32.2. The topological polar surface area (TPSA) is 112 Å². The number of hydrogen-bond donors (Lipinski definition) is 1. The third-order valence-electron chi connectivity index (χ3n) is 9.63. The number of carbonyl (C=O) groups is 1. The van der Waals surface area contributed by atoms with E-state index in [1.165, 1.54) is 22.5 Å². The second-order valence-electron chi connectivity index (χ2n) is 13.7. The maximum absolute atomic E-state index is 13.8. The molecule has 0 spiro atoms. The van der Waals surface area contributed by atoms with Gasteiger partial charge in [0.2, 0.25) is 10.0 Å². The van der Waals surface area contributed by atoms with Gasteiger partial charge in [-0.25, -0.2) is 13.4 Å². The highest BCUT2D eigenvalue weighted by molar-refractivity contribution is 7.89. The van der Waals surface area contributed by atoms with Crippen molar-refractivity contribution >= 4 is 27.0 Å². The third kappa shape index (κ3) is 8.73. The van der Waals surface area contributed by atoms with E-state index in [1.807, 2.05) is 39.0 Å². The number of likely N-dealkylation sites (N-methyl/N-ethyl adjacent to an activating group) is 1. The molecular weight excluding hydrogens is 661 g/mol. The lowest BCUT2D eigenvalue weighted by Crippen LogP contribution is -2.49. The molecule has 0 saturated carbocycles. The van der Waals surface area contributed by atoms with Crippen LogP contribution in [0.15, 0.2) is 102 Å². The maximum atomic E-state index is 13.8. The molecule has 11 heteroatoms. The molecule has 0 unspecified atom stereocenters. The summed E-state index contributed by atoms with van der Waals surface area (Å²) in [7, 11) is -2.50. The smallest absolute Gasteiger partial charge is 0.324 e. The molecule has 0 aliphatic carbocycles. The van der Waals surface area contributed by atoms with Gasteiger partial charge in [0, 0.05) is 52.4 Å². The molecule has 2 aromatic heterocycles. The number of pyridine rings is 1. The van der Waals surface area contributed by atoms with Gasteiger partial charge >= 0.3 is 5.97 Å². The predicted octanol–water partition coefficient (Wildman–Crippen LogP) is 5.84. The molecule has 268 valence electrons. The van der Waals surface area contributed by atoms with Crippen LogP contribution in [-0.4, -0.2) is 95.9 Å². The molecule has 0 bridgehead atoms. The van der Waals surface area contributed by atoms with Gasteiger partial charge in [0.1, 0.15) is 24.0 Å². The van der Waals surface area contributed by atoms with Crippen LogP contribution in [0.3, 0.4) is 0 Å². The number of aromatic amines is 1. The number of fused-ring (bicyclic) bond motifs is 1. The first kappa shape index (κ1) is 36.4. The molecule has 5 aromatic rings. The normalized spacial score (nSPS) is 15.2. The second-order valence-corrected chi connectivity index (χ2v) is 15.7. The number of piperazine rings is 1. The number of nitrogens with zero attached hydrogens (tertiary/aromatic N) is 5. The van der Waals surface area contributed by atoms with Crippen LogP contribution in [0, 0.1) is 12.8 Å². The quantitative estimate of drug-likeness (QED) is 0.143. The Morgan fingerprint density at radius 2 is 1.53 bits per heavy atom. The zero-order valence-electron chi connectivity index (χ0n) is 29.9. The van der Waals surface area contributed by atoms with Crippen molar-refractivity contribution < 1.29 is 17.9 Å². The molecule has 1 fully saturated rings. The fraction of sp³-hybridized carbons (Fsp3) is 0.375. The van der Waals surface area contributed by atoms with E-state index in [2.05, 4.69) is 73.3 Å². The number of aromatic nitrogens is 3. The zero-order valence-corrected chi connectivity index (χ0v) is 30.7. The van der Waals surface area contributed by atoms with Crippen LogP contribution in [0.2, 0.25) is 0 Å². The van der Waals surface area contributed by atoms with Crippen molar-refractivity contribution in [3.63, 3.8) is 0 Å². The Morgan fingerprint density at radius 1 is 0.902 bits per heavy atom. The van der Waals surface area contributed by atoms with Crippen LogP contribution < -0.4 is 0 Å². The number of H-pyrrole nitrogens is 1. The molecule has 3 aromatic carbocycles. The molecule has 6 rings (SSSR count). The van der Waals surface area contributed by atoms with E-state index in [1.54, 1.807) is 30.5 Å². The largest absolute Gasteiger partial charge is 0.463 e. The van der Waals surface area contributed by atoms with E-state index in [0.29, 0.717) is 19.4 Å². The molecule has 3 heterocycles. The molecule has 1 saturated heterocycles. The van der Waals surface area contributed by atoms with Crippen molar-refractivity contribution in [1.29, 1.82) is 0 Å². The van der Waals surface area contributed by atoms with E-state index in [-0.39, 0.29) is 23.5 Å². The fourth-order valence-electron chi connectivity index (χ4n) is 6.89. The summed E-state index contributed by atoms with van der Waals surface area (Å²) >= 11 is 0. The number of imidazole rings is 1. The molecular formula is C40H48N6O4S. The van der Waals surface area contributed by atoms with Crippen LogP contribution in [0.5, 0.6) is 0 Å². The average Bonchev–Trinajstić information content (AvgIpc) is 3.53. The van der Waals surface area contributed by atoms with Crippen molar-refractivity contribution in [3.8, 4) is 0 Å². The minimum Gasteiger partial charge on any atom is -0.463 e. The summed E-state index contributed by atoms with van der Waals surface area (Å²) < 4.78 is 34.5. The van der Waals surface area contributed by atoms with Gasteiger partial charge in [0.25, 0.3) is 0 Å². The van der Waals surface area contributed by atoms with Gasteiger partial charge in [-0.15, -0.1) is 0 Å². The van der Waals surface area contributed by atoms with Crippen molar-refractivity contribution in [2.45, 2.75) is 50.6 Å². The first-order valence-electron chi connectivity index (χ1n) is 17.7. The zero-order chi connectivity index (χ0) is 36.0. The Morgan fingerprint density at radius 3 is 2.14 bits per heavy atom. The van der Waals surface area contributed by atoms with E-state index in [0.717, 1.165) is 54.3 Å². The second kappa shape index (κ2) is 16.3. The number of ether oxygens (including phenoxy) is 1. The standard InChI is InChI=1S/C40H48N6O4S/c1-29(2)27-37(44(4)51(48,49)34-17-15-31(16-18-34)28-36-38-35(19-20-41-36)42-30(3)43-38)40(47)50-26-25-45-21-23-46(24-22-45)39(32-11-7-5-8-12-32)33-13-9-6-10-14-33/h5-20,29,37,39H,21-28H2,1-4H3,(H,42,43)/t37-/m0/s1. The summed E-state index contributed by atoms with van der Waals surface area (Å²) in [4.78, 5) is 30.7. The van der Waals surface area contributed by atoms with Gasteiger partial charge in [0.05, 0.1) is 22.1 Å². The molecule has 10 nitrogen and oxygen atoms in total. The number of hydrogen-bond acceptors (Lipinski definition) is 8. The maximum Gasteiger partial charge on any atom is 0.324 e. The van der Waals surface area contributed by atoms with Crippen LogP contribution in [0.4, 0.5) is 0 Å². The minimum absolute atomic E-state index is 0.0821. The van der Waals surface area contributed by atoms with Gasteiger partial charge < -0.3 is 9.72 Å². The van der Waals surface area contributed by atoms with Crippen molar-refractivity contribution in [2.24, 2.45) is 5.92 Å². The molecule has 51 heavy (non-hydrogen) atoms. The number of rotatable bonds is 14. The van der Waals surface area contributed by atoms with Crippen LogP contribution in [-0.2, 0) is 26.0 Å². The number of aryl methyl sites for hydroxylation is 1. The molecule has 1 aliphatic heterocycles. The van der Waals surface area contributed by atoms with Crippen molar-refractivity contribution in [2.75, 3.05) is 46.4 Å². The van der Waals surface area contributed by atoms with Crippen molar-refractivity contribution in [3.05, 3.63) is 125 Å². The first-order valence-corrected chi connectivity index (χ1v) is 19.1. The van der Waals surface area contributed by atoms with Crippen LogP contribution in [0.25, 0.3) is 11.0 Å². The summed E-state index contributed by atoms with van der Waals surface area (Å²) in [5, 5.41) is 0. The number of benzene rings is 3. The van der Waals surface area contributed by atoms with Gasteiger partial charge in [-0.1, -0.05) is 86.6 Å². The van der Waals surface area contributed by atoms with E-state index in [4.69, 9.17) is 4.74 Å². The van der Waals surface area contributed by atoms with Gasteiger partial charge in [-0.3, -0.25) is 19.6 Å². The lowest BCUT2D eigenvalue weighted by atomic mass is 9.96. The number of carbonyl (C=O) groups excluding carboxylic acids is 1. The average molecular weight is 709 g/mol. The Hall–Kier alpha value is -4.42. The van der Waals surface area contributed by atoms with Gasteiger partial charge in [0.15, 0.2) is 0 Å². The summed E-state index contributed by atoms with van der Waals surface area (Å²) in [6.07, 6.45) is 2.60. The van der Waals surface area contributed by atoms with Gasteiger partial charge in [-0.2, -0.15) is 4.31 Å². The lowest BCUT2D eigenvalue weighted by Gasteiger charge is -2.39. The highest BCUT2D eigenvalue weighted by Crippen LogP contribution is 2.29. The van der Waals surface area contributed by atoms with E-state index >= 15 is 0 Å². The van der Waals surface area contributed by atoms with Crippen molar-refractivity contribution in [1.82, 2.24) is 29.1 Å². The molecule has 0 amide bonds. The third-order valence-corrected chi connectivity index (χ3v) is 11.5. The highest BCUT2D eigenvalue weighted by Gasteiger charge is 2.35. The Balaban J connectivity index is 1.05. The van der Waals surface area contributed by atoms with Gasteiger partial charge in [-0.05, 0) is 54.2 Å². The Kier molecular flexibility index (Phi) is 11.6. The molecule has 0 radical (unpaired) electrons. The molecule has 1 atom stereocenters. The fourth-order valence-corrected chi connectivity index (χ4v) is 8.21. The number of esters is 1. The summed E-state index contributed by atoms with van der Waals surface area (Å²) in [6, 6.07) is 29.1. The van der Waals surface area contributed by atoms with E-state index in [9.17, 15) is 13.2 Å². The van der Waals surface area contributed by atoms with Crippen LogP contribution in [0.1, 0.15) is 54.5 Å². The minimum atomic E-state index is -3.97. The SMILES string of the molecule is Cc1nc2c(Cc3ccc(S(=O)(=O)N(C)[C@@H](CC(C)C)C(=O)OCCN4CCN(C(c5ccccc5)c5ccccc5)CC4)cc3)nccc2[nH]1. The monoisotopic (exact) mass is 708 g/mol. The molecule has 1 N–H and O–H groups in total. The Labute approximate surface area is 301 Å². The van der Waals surface area contributed by atoms with E-state index < -0.39 is 22.0 Å². The summed E-state index contributed by atoms with van der Waals surface area (Å²) in [6.45, 7) is 10.1.